The zero-order chi connectivity index (χ0) is 21.6. The highest BCUT2D eigenvalue weighted by Gasteiger charge is 2.29. The summed E-state index contributed by atoms with van der Waals surface area (Å²) in [5.74, 6) is -0.235. The number of amides is 1. The number of sulfonamides is 1. The van der Waals surface area contributed by atoms with Gasteiger partial charge in [0.2, 0.25) is 0 Å². The predicted molar refractivity (Wildman–Crippen MR) is 119 cm³/mol. The highest BCUT2D eigenvalue weighted by molar-refractivity contribution is 7.92. The number of carbonyl (C=O) groups is 1. The van der Waals surface area contributed by atoms with Crippen LogP contribution in [0.25, 0.3) is 0 Å². The van der Waals surface area contributed by atoms with Crippen LogP contribution >= 0.6 is 11.3 Å². The van der Waals surface area contributed by atoms with Crippen molar-refractivity contribution >= 4 is 39.2 Å². The summed E-state index contributed by atoms with van der Waals surface area (Å²) in [6, 6.07) is 16.8. The van der Waals surface area contributed by atoms with Gasteiger partial charge in [0.25, 0.3) is 15.9 Å². The minimum absolute atomic E-state index is 0.0726. The number of thiophene rings is 1. The van der Waals surface area contributed by atoms with E-state index in [1.807, 2.05) is 24.4 Å². The van der Waals surface area contributed by atoms with Crippen molar-refractivity contribution in [2.45, 2.75) is 11.8 Å². The summed E-state index contributed by atoms with van der Waals surface area (Å²) < 4.78 is 33.1. The van der Waals surface area contributed by atoms with Crippen LogP contribution in [0, 0.1) is 6.92 Å². The number of ether oxygens (including phenoxy) is 1. The van der Waals surface area contributed by atoms with Crippen molar-refractivity contribution in [2.75, 3.05) is 18.0 Å². The SMILES string of the molecule is COc1ccc(C)cc1N(CC(=O)NN=Cc1cccs1)S(=O)(=O)c1ccccc1. The molecule has 3 aromatic rings. The van der Waals surface area contributed by atoms with Crippen LogP contribution in [0.5, 0.6) is 5.75 Å². The fraction of sp³-hybridized carbons (Fsp3) is 0.143. The Hall–Kier alpha value is -3.17. The minimum atomic E-state index is -4.02. The molecule has 0 saturated carbocycles. The molecule has 0 atom stereocenters. The molecule has 2 aromatic carbocycles. The molecule has 0 unspecified atom stereocenters. The maximum atomic E-state index is 13.4. The van der Waals surface area contributed by atoms with Gasteiger partial charge in [-0.1, -0.05) is 30.3 Å². The van der Waals surface area contributed by atoms with Gasteiger partial charge in [-0.15, -0.1) is 11.3 Å². The maximum Gasteiger partial charge on any atom is 0.264 e. The van der Waals surface area contributed by atoms with Gasteiger partial charge in [-0.05, 0) is 48.2 Å². The second kappa shape index (κ2) is 9.55. The van der Waals surface area contributed by atoms with Gasteiger partial charge in [-0.3, -0.25) is 9.10 Å². The Morgan fingerprint density at radius 2 is 1.93 bits per heavy atom. The highest BCUT2D eigenvalue weighted by atomic mass is 32.2. The molecule has 3 rings (SSSR count). The number of rotatable bonds is 8. The first-order chi connectivity index (χ1) is 14.4. The molecule has 1 aromatic heterocycles. The van der Waals surface area contributed by atoms with E-state index in [0.717, 1.165) is 14.7 Å². The third kappa shape index (κ3) is 5.05. The van der Waals surface area contributed by atoms with Crippen LogP contribution < -0.4 is 14.5 Å². The Balaban J connectivity index is 1.94. The van der Waals surface area contributed by atoms with E-state index in [1.54, 1.807) is 36.4 Å². The van der Waals surface area contributed by atoms with Gasteiger partial charge < -0.3 is 4.74 Å². The number of methoxy groups -OCH3 is 1. The molecule has 1 amide bonds. The Kier molecular flexibility index (Phi) is 6.86. The number of hydrogen-bond acceptors (Lipinski definition) is 6. The van der Waals surface area contributed by atoms with E-state index in [9.17, 15) is 13.2 Å². The molecule has 0 spiro atoms. The molecular weight excluding hydrogens is 422 g/mol. The normalized spacial score (nSPS) is 11.4. The van der Waals surface area contributed by atoms with Crippen molar-refractivity contribution in [3.63, 3.8) is 0 Å². The van der Waals surface area contributed by atoms with Crippen molar-refractivity contribution in [3.8, 4) is 5.75 Å². The number of hydrogen-bond donors (Lipinski definition) is 1. The molecular formula is C21H21N3O4S2. The van der Waals surface area contributed by atoms with Crippen LogP contribution in [0.2, 0.25) is 0 Å². The number of benzene rings is 2. The van der Waals surface area contributed by atoms with Crippen molar-refractivity contribution in [1.82, 2.24) is 5.43 Å². The Bertz CT molecular complexity index is 1130. The lowest BCUT2D eigenvalue weighted by Crippen LogP contribution is -2.39. The number of aryl methyl sites for hydroxylation is 1. The van der Waals surface area contributed by atoms with E-state index in [0.29, 0.717) is 5.75 Å². The van der Waals surface area contributed by atoms with Gasteiger partial charge in [0.05, 0.1) is 23.9 Å². The zero-order valence-electron chi connectivity index (χ0n) is 16.5. The third-order valence-corrected chi connectivity index (χ3v) is 6.73. The summed E-state index contributed by atoms with van der Waals surface area (Å²) in [4.78, 5) is 13.5. The molecule has 0 aliphatic rings. The Morgan fingerprint density at radius 1 is 1.17 bits per heavy atom. The topological polar surface area (TPSA) is 88.1 Å². The summed E-state index contributed by atoms with van der Waals surface area (Å²) >= 11 is 1.47. The maximum absolute atomic E-state index is 13.4. The minimum Gasteiger partial charge on any atom is -0.495 e. The van der Waals surface area contributed by atoms with Crippen molar-refractivity contribution in [3.05, 3.63) is 76.5 Å². The lowest BCUT2D eigenvalue weighted by Gasteiger charge is -2.25. The van der Waals surface area contributed by atoms with Crippen molar-refractivity contribution < 1.29 is 17.9 Å². The molecule has 0 saturated heterocycles. The molecule has 1 N–H and O–H groups in total. The number of anilines is 1. The van der Waals surface area contributed by atoms with Crippen LogP contribution in [0.4, 0.5) is 5.69 Å². The van der Waals surface area contributed by atoms with Gasteiger partial charge in [-0.2, -0.15) is 5.10 Å². The number of nitrogens with one attached hydrogen (secondary N) is 1. The second-order valence-corrected chi connectivity index (χ2v) is 9.15. The van der Waals surface area contributed by atoms with Crippen LogP contribution in [0.15, 0.2) is 76.0 Å². The van der Waals surface area contributed by atoms with Gasteiger partial charge in [0.1, 0.15) is 12.3 Å². The monoisotopic (exact) mass is 443 g/mol. The lowest BCUT2D eigenvalue weighted by molar-refractivity contribution is -0.119. The molecule has 0 fully saturated rings. The van der Waals surface area contributed by atoms with Gasteiger partial charge >= 0.3 is 0 Å². The molecule has 9 heteroatoms. The van der Waals surface area contributed by atoms with E-state index in [-0.39, 0.29) is 10.6 Å². The standard InChI is InChI=1S/C21H21N3O4S2/c1-16-10-11-20(28-2)19(13-16)24(30(26,27)18-8-4-3-5-9-18)15-21(25)23-22-14-17-7-6-12-29-17/h3-14H,15H2,1-2H3,(H,23,25). The molecule has 156 valence electrons. The number of carbonyl (C=O) groups excluding carboxylic acids is 1. The fourth-order valence-electron chi connectivity index (χ4n) is 2.71. The van der Waals surface area contributed by atoms with Crippen LogP contribution in [-0.2, 0) is 14.8 Å². The smallest absolute Gasteiger partial charge is 0.264 e. The largest absolute Gasteiger partial charge is 0.495 e. The van der Waals surface area contributed by atoms with E-state index < -0.39 is 22.5 Å². The summed E-state index contributed by atoms with van der Waals surface area (Å²) in [6.45, 7) is 1.38. The summed E-state index contributed by atoms with van der Waals surface area (Å²) in [6.07, 6.45) is 1.51. The predicted octanol–water partition coefficient (Wildman–Crippen LogP) is 3.41. The van der Waals surface area contributed by atoms with Crippen molar-refractivity contribution in [1.29, 1.82) is 0 Å². The van der Waals surface area contributed by atoms with Crippen molar-refractivity contribution in [2.24, 2.45) is 5.10 Å². The summed E-state index contributed by atoms with van der Waals surface area (Å²) in [5.41, 5.74) is 3.49. The van der Waals surface area contributed by atoms with E-state index in [1.165, 1.54) is 36.8 Å². The van der Waals surface area contributed by atoms with Crippen LogP contribution in [0.1, 0.15) is 10.4 Å². The van der Waals surface area contributed by atoms with E-state index in [2.05, 4.69) is 10.5 Å². The second-order valence-electron chi connectivity index (χ2n) is 6.31. The van der Waals surface area contributed by atoms with Crippen LogP contribution in [-0.4, -0.2) is 34.2 Å². The number of nitrogens with zero attached hydrogens (tertiary/aromatic N) is 2. The molecule has 0 bridgehead atoms. The fourth-order valence-corrected chi connectivity index (χ4v) is 4.74. The molecule has 7 nitrogen and oxygen atoms in total. The Morgan fingerprint density at radius 3 is 2.60 bits per heavy atom. The Labute approximate surface area is 179 Å². The van der Waals surface area contributed by atoms with E-state index in [4.69, 9.17) is 4.74 Å². The van der Waals surface area contributed by atoms with Gasteiger partial charge in [0, 0.05) is 4.88 Å². The van der Waals surface area contributed by atoms with Gasteiger partial charge in [-0.25, -0.2) is 13.8 Å². The quantitative estimate of drug-likeness (QED) is 0.427. The third-order valence-electron chi connectivity index (χ3n) is 4.15. The van der Waals surface area contributed by atoms with Gasteiger partial charge in [0.15, 0.2) is 0 Å². The average Bonchev–Trinajstić information content (AvgIpc) is 3.26. The molecule has 0 aliphatic carbocycles. The first kappa shape index (κ1) is 21.5. The van der Waals surface area contributed by atoms with E-state index >= 15 is 0 Å². The molecule has 0 radical (unpaired) electrons. The number of hydrazone groups is 1. The first-order valence-electron chi connectivity index (χ1n) is 8.99. The molecule has 0 aliphatic heterocycles. The lowest BCUT2D eigenvalue weighted by atomic mass is 10.2. The molecule has 30 heavy (non-hydrogen) atoms. The first-order valence-corrected chi connectivity index (χ1v) is 11.3. The highest BCUT2D eigenvalue weighted by Crippen LogP contribution is 2.33. The molecule has 1 heterocycles. The van der Waals surface area contributed by atoms with Crippen LogP contribution in [0.3, 0.4) is 0 Å². The summed E-state index contributed by atoms with van der Waals surface area (Å²) in [7, 11) is -2.57. The summed E-state index contributed by atoms with van der Waals surface area (Å²) in [5, 5.41) is 5.80. The average molecular weight is 444 g/mol. The zero-order valence-corrected chi connectivity index (χ0v) is 18.1.